The van der Waals surface area contributed by atoms with Gasteiger partial charge in [-0.25, -0.2) is 0 Å². The van der Waals surface area contributed by atoms with Crippen LogP contribution in [0, 0.1) is 24.7 Å². The average Bonchev–Trinajstić information content (AvgIpc) is 3.68. The van der Waals surface area contributed by atoms with Crippen molar-refractivity contribution in [1.29, 1.82) is 0 Å². The topological polar surface area (TPSA) is 115 Å². The van der Waals surface area contributed by atoms with Crippen molar-refractivity contribution in [2.75, 3.05) is 51.0 Å². The number of rotatable bonds is 7. The summed E-state index contributed by atoms with van der Waals surface area (Å²) in [5, 5.41) is 4.64. The molecule has 2 unspecified atom stereocenters. The van der Waals surface area contributed by atoms with Gasteiger partial charge in [0.05, 0.1) is 41.7 Å². The summed E-state index contributed by atoms with van der Waals surface area (Å²) in [6.07, 6.45) is -3.67. The molecule has 0 aliphatic carbocycles. The molecule has 4 aliphatic heterocycles. The van der Waals surface area contributed by atoms with Crippen molar-refractivity contribution in [3.63, 3.8) is 0 Å². The van der Waals surface area contributed by atoms with Crippen LogP contribution >= 0.6 is 0 Å². The van der Waals surface area contributed by atoms with Crippen LogP contribution in [0.3, 0.4) is 0 Å². The Morgan fingerprint density at radius 1 is 1.19 bits per heavy atom. The van der Waals surface area contributed by atoms with Gasteiger partial charge < -0.3 is 25.0 Å². The maximum atomic E-state index is 14.6. The smallest absolute Gasteiger partial charge is 0.417 e. The van der Waals surface area contributed by atoms with Crippen molar-refractivity contribution < 1.29 is 36.2 Å². The fraction of sp³-hybridized carbons (Fsp3) is 0.526. The highest BCUT2D eigenvalue weighted by Crippen LogP contribution is 2.45. The van der Waals surface area contributed by atoms with E-state index in [-0.39, 0.29) is 54.3 Å². The van der Waals surface area contributed by atoms with Crippen LogP contribution in [0.2, 0.25) is 0 Å². The first kappa shape index (κ1) is 37.6. The summed E-state index contributed by atoms with van der Waals surface area (Å²) in [5.74, 6) is 5.10. The zero-order valence-electron chi connectivity index (χ0n) is 30.7. The van der Waals surface area contributed by atoms with Gasteiger partial charge in [0.1, 0.15) is 12.4 Å². The minimum Gasteiger partial charge on any atom is -0.461 e. The Kier molecular flexibility index (Phi) is 10.1. The van der Waals surface area contributed by atoms with Crippen LogP contribution in [0.15, 0.2) is 24.3 Å². The van der Waals surface area contributed by atoms with Crippen molar-refractivity contribution in [1.82, 2.24) is 29.5 Å². The summed E-state index contributed by atoms with van der Waals surface area (Å²) < 4.78 is 84.8. The Balaban J connectivity index is 1.27. The molecular formula is C38H43F5N8O3. The summed E-state index contributed by atoms with van der Waals surface area (Å²) in [7, 11) is 3.35. The quantitative estimate of drug-likeness (QED) is 0.179. The number of nitrogens with two attached hydrogens (primary N) is 1. The van der Waals surface area contributed by atoms with E-state index in [1.54, 1.807) is 14.1 Å². The third-order valence-electron chi connectivity index (χ3n) is 11.0. The van der Waals surface area contributed by atoms with Gasteiger partial charge in [-0.1, -0.05) is 5.92 Å². The van der Waals surface area contributed by atoms with E-state index in [9.17, 15) is 26.7 Å². The number of halogens is 5. The molecule has 0 spiro atoms. The van der Waals surface area contributed by atoms with Crippen molar-refractivity contribution in [2.24, 2.45) is 5.92 Å². The second kappa shape index (κ2) is 14.5. The Labute approximate surface area is 310 Å². The van der Waals surface area contributed by atoms with Gasteiger partial charge in [0.15, 0.2) is 5.69 Å². The number of hydrogen-bond donors (Lipinski definition) is 1. The van der Waals surface area contributed by atoms with Gasteiger partial charge in [-0.15, -0.1) is 5.92 Å². The highest BCUT2D eigenvalue weighted by Gasteiger charge is 2.49. The molecule has 16 heteroatoms. The number of hydrogen-bond acceptors (Lipinski definition) is 9. The number of anilines is 2. The average molecular weight is 755 g/mol. The van der Waals surface area contributed by atoms with E-state index in [0.29, 0.717) is 61.8 Å². The predicted molar refractivity (Wildman–Crippen MR) is 190 cm³/mol. The van der Waals surface area contributed by atoms with E-state index >= 15 is 0 Å². The lowest BCUT2D eigenvalue weighted by molar-refractivity contribution is -0.140. The fourth-order valence-corrected chi connectivity index (χ4v) is 8.54. The molecule has 2 fully saturated rings. The van der Waals surface area contributed by atoms with Crippen LogP contribution < -0.4 is 15.4 Å². The molecular weight excluding hydrogens is 711 g/mol. The van der Waals surface area contributed by atoms with Gasteiger partial charge >= 0.3 is 12.2 Å². The number of fused-ring (bicyclic) bond motifs is 3. The van der Waals surface area contributed by atoms with E-state index in [2.05, 4.69) is 21.8 Å². The number of ether oxygens (including phenoxy) is 2. The van der Waals surface area contributed by atoms with Crippen LogP contribution in [0.25, 0.3) is 0 Å². The monoisotopic (exact) mass is 754 g/mol. The largest absolute Gasteiger partial charge is 0.461 e. The van der Waals surface area contributed by atoms with E-state index in [4.69, 9.17) is 25.2 Å². The lowest BCUT2D eigenvalue weighted by atomic mass is 9.91. The van der Waals surface area contributed by atoms with Crippen LogP contribution in [0.5, 0.6) is 6.01 Å². The van der Waals surface area contributed by atoms with Gasteiger partial charge in [0, 0.05) is 62.5 Å². The van der Waals surface area contributed by atoms with Gasteiger partial charge in [0.25, 0.3) is 12.0 Å². The van der Waals surface area contributed by atoms with Crippen molar-refractivity contribution in [3.8, 4) is 17.9 Å². The zero-order chi connectivity index (χ0) is 38.5. The second-order valence-corrected chi connectivity index (χ2v) is 14.8. The molecule has 54 heavy (non-hydrogen) atoms. The van der Waals surface area contributed by atoms with Gasteiger partial charge in [0.2, 0.25) is 0 Å². The van der Waals surface area contributed by atoms with Crippen LogP contribution in [-0.4, -0.2) is 81.3 Å². The molecule has 2 N–H and O–H groups in total. The molecule has 0 saturated carbocycles. The summed E-state index contributed by atoms with van der Waals surface area (Å²) in [4.78, 5) is 28.4. The summed E-state index contributed by atoms with van der Waals surface area (Å²) >= 11 is 0. The number of aromatic nitrogens is 4. The molecule has 1 amide bonds. The van der Waals surface area contributed by atoms with Crippen LogP contribution in [0.1, 0.15) is 88.4 Å². The molecule has 7 rings (SSSR count). The number of benzene rings is 1. The zero-order valence-corrected chi connectivity index (χ0v) is 30.7. The minimum atomic E-state index is -4.73. The fourth-order valence-electron chi connectivity index (χ4n) is 8.54. The number of nitrogens with zero attached hydrogens (tertiary/aromatic N) is 7. The molecule has 288 valence electrons. The first-order valence-corrected chi connectivity index (χ1v) is 18.1. The van der Waals surface area contributed by atoms with Crippen molar-refractivity contribution >= 4 is 17.4 Å². The Morgan fingerprint density at radius 2 is 1.98 bits per heavy atom. The highest BCUT2D eigenvalue weighted by atomic mass is 19.4. The van der Waals surface area contributed by atoms with E-state index in [0.717, 1.165) is 36.7 Å². The van der Waals surface area contributed by atoms with Gasteiger partial charge in [-0.3, -0.25) is 14.4 Å². The Bertz CT molecular complexity index is 2050. The minimum absolute atomic E-state index is 0.0288. The van der Waals surface area contributed by atoms with Crippen molar-refractivity contribution in [3.05, 3.63) is 69.2 Å². The third kappa shape index (κ3) is 7.11. The van der Waals surface area contributed by atoms with Crippen LogP contribution in [-0.2, 0) is 37.0 Å². The molecule has 0 bridgehead atoms. The lowest BCUT2D eigenvalue weighted by Gasteiger charge is -2.33. The first-order chi connectivity index (χ1) is 25.7. The summed E-state index contributed by atoms with van der Waals surface area (Å²) in [6.45, 7) is 6.13. The van der Waals surface area contributed by atoms with E-state index in [1.807, 2.05) is 16.5 Å². The standard InChI is InChI=1S/C38H43F5N8O3/c1-5-8-24-14-25(44)15-26(32(24)38(41,42)43)30-16-28-27(20-53-30)34(49-10-7-12-51-29(19-49)22(2)33(47-51)35(52)48(3)4)46-36(45-28)54-21-37-9-6-11-50(37)18-23(17-37)13-31(39)40/h13-15,23,30H,6-7,9-12,16-21,44H2,1-4H3/t23?,30-,37?/m1/s1. The molecule has 11 nitrogen and oxygen atoms in total. The second-order valence-electron chi connectivity index (χ2n) is 14.8. The summed E-state index contributed by atoms with van der Waals surface area (Å²) in [6, 6.07) is 2.54. The first-order valence-electron chi connectivity index (χ1n) is 18.1. The molecule has 2 saturated heterocycles. The predicted octanol–water partition coefficient (Wildman–Crippen LogP) is 5.89. The maximum absolute atomic E-state index is 14.6. The molecule has 3 atom stereocenters. The van der Waals surface area contributed by atoms with Crippen molar-refractivity contribution in [2.45, 2.75) is 83.5 Å². The Morgan fingerprint density at radius 3 is 2.70 bits per heavy atom. The highest BCUT2D eigenvalue weighted by molar-refractivity contribution is 5.93. The molecule has 1 aromatic carbocycles. The maximum Gasteiger partial charge on any atom is 0.417 e. The molecule has 2 aromatic heterocycles. The number of carbonyl (C=O) groups excluding carboxylic acids is 1. The molecule has 4 aliphatic rings. The SMILES string of the molecule is CC#Cc1cc(N)cc([C@H]2Cc3nc(OCC45CCCN4CC(C=C(F)F)C5)nc(N4CCCn5nc(C(=O)N(C)C)c(C)c5C4)c3CO2)c1C(F)(F)F. The Hall–Kier alpha value is -4.75. The van der Waals surface area contributed by atoms with E-state index in [1.165, 1.54) is 24.0 Å². The van der Waals surface area contributed by atoms with Gasteiger partial charge in [-0.05, 0) is 75.8 Å². The number of alkyl halides is 3. The molecule has 0 radical (unpaired) electrons. The molecule has 3 aromatic rings. The van der Waals surface area contributed by atoms with E-state index < -0.39 is 29.5 Å². The molecule has 6 heterocycles. The lowest BCUT2D eigenvalue weighted by Crippen LogP contribution is -2.43. The number of amides is 1. The third-order valence-corrected chi connectivity index (χ3v) is 11.0. The number of aryl methyl sites for hydroxylation is 1. The van der Waals surface area contributed by atoms with Gasteiger partial charge in [-0.2, -0.15) is 37.0 Å². The normalized spacial score (nSPS) is 22.4. The number of carbonyl (C=O) groups is 1. The van der Waals surface area contributed by atoms with Crippen LogP contribution in [0.4, 0.5) is 33.5 Å². The number of nitrogen functional groups attached to an aromatic ring is 1. The summed E-state index contributed by atoms with van der Waals surface area (Å²) in [5.41, 5.74) is 7.53.